The quantitative estimate of drug-likeness (QED) is 0.855. The number of carbonyl (C=O) groups is 1. The highest BCUT2D eigenvalue weighted by Gasteiger charge is 2.26. The van der Waals surface area contributed by atoms with E-state index in [4.69, 9.17) is 9.47 Å². The number of halogens is 2. The van der Waals surface area contributed by atoms with Gasteiger partial charge in [0.05, 0.1) is 19.3 Å². The number of hydrogen-bond acceptors (Lipinski definition) is 4. The normalized spacial score (nSPS) is 11.3. The number of ether oxygens (including phenoxy) is 2. The van der Waals surface area contributed by atoms with Gasteiger partial charge in [-0.25, -0.2) is 18.6 Å². The SMILES string of the molecule is COCCN(C(=O)OC(C)(C)C)c1ncc(F)cc1F. The van der Waals surface area contributed by atoms with Crippen molar-refractivity contribution in [1.82, 2.24) is 4.98 Å². The van der Waals surface area contributed by atoms with Crippen LogP contribution in [0.3, 0.4) is 0 Å². The first kappa shape index (κ1) is 16.3. The van der Waals surface area contributed by atoms with Crippen molar-refractivity contribution in [2.24, 2.45) is 0 Å². The van der Waals surface area contributed by atoms with Crippen LogP contribution in [0.5, 0.6) is 0 Å². The summed E-state index contributed by atoms with van der Waals surface area (Å²) in [6.45, 7) is 5.27. The largest absolute Gasteiger partial charge is 0.443 e. The monoisotopic (exact) mass is 288 g/mol. The molecule has 0 N–H and O–H groups in total. The lowest BCUT2D eigenvalue weighted by Gasteiger charge is -2.26. The lowest BCUT2D eigenvalue weighted by Crippen LogP contribution is -2.39. The predicted molar refractivity (Wildman–Crippen MR) is 69.6 cm³/mol. The van der Waals surface area contributed by atoms with Crippen LogP contribution in [0.25, 0.3) is 0 Å². The molecule has 1 heterocycles. The van der Waals surface area contributed by atoms with E-state index in [2.05, 4.69) is 4.98 Å². The Balaban J connectivity index is 3.02. The van der Waals surface area contributed by atoms with Crippen molar-refractivity contribution >= 4 is 11.9 Å². The van der Waals surface area contributed by atoms with E-state index in [1.807, 2.05) is 0 Å². The molecule has 20 heavy (non-hydrogen) atoms. The Morgan fingerprint density at radius 1 is 1.40 bits per heavy atom. The Morgan fingerprint density at radius 3 is 2.55 bits per heavy atom. The van der Waals surface area contributed by atoms with Gasteiger partial charge < -0.3 is 9.47 Å². The highest BCUT2D eigenvalue weighted by molar-refractivity contribution is 5.86. The zero-order valence-electron chi connectivity index (χ0n) is 11.9. The molecule has 0 bridgehead atoms. The molecule has 1 aromatic heterocycles. The van der Waals surface area contributed by atoms with Crippen LogP contribution in [0.1, 0.15) is 20.8 Å². The minimum Gasteiger partial charge on any atom is -0.443 e. The van der Waals surface area contributed by atoms with Gasteiger partial charge in [-0.2, -0.15) is 0 Å². The average molecular weight is 288 g/mol. The zero-order chi connectivity index (χ0) is 15.3. The lowest BCUT2D eigenvalue weighted by atomic mass is 10.2. The van der Waals surface area contributed by atoms with Crippen molar-refractivity contribution in [3.8, 4) is 0 Å². The van der Waals surface area contributed by atoms with Gasteiger partial charge in [-0.1, -0.05) is 0 Å². The summed E-state index contributed by atoms with van der Waals surface area (Å²) in [5.74, 6) is -2.05. The number of amides is 1. The molecule has 0 saturated heterocycles. The second kappa shape index (κ2) is 6.60. The van der Waals surface area contributed by atoms with E-state index in [0.717, 1.165) is 11.1 Å². The maximum Gasteiger partial charge on any atom is 0.416 e. The number of hydrogen-bond donors (Lipinski definition) is 0. The molecule has 1 amide bonds. The highest BCUT2D eigenvalue weighted by atomic mass is 19.1. The van der Waals surface area contributed by atoms with Crippen LogP contribution in [0.2, 0.25) is 0 Å². The molecule has 0 aliphatic heterocycles. The number of pyridine rings is 1. The van der Waals surface area contributed by atoms with Crippen LogP contribution in [-0.4, -0.2) is 36.9 Å². The van der Waals surface area contributed by atoms with Crippen molar-refractivity contribution < 1.29 is 23.0 Å². The van der Waals surface area contributed by atoms with E-state index in [1.54, 1.807) is 20.8 Å². The molecule has 0 saturated carbocycles. The molecule has 0 aromatic carbocycles. The molecule has 1 aromatic rings. The Bertz CT molecular complexity index is 475. The summed E-state index contributed by atoms with van der Waals surface area (Å²) < 4.78 is 36.6. The second-order valence-electron chi connectivity index (χ2n) is 5.08. The molecule has 0 fully saturated rings. The molecule has 0 spiro atoms. The van der Waals surface area contributed by atoms with Crippen molar-refractivity contribution in [1.29, 1.82) is 0 Å². The van der Waals surface area contributed by atoms with Gasteiger partial charge in [0.1, 0.15) is 11.4 Å². The minimum absolute atomic E-state index is 0.0426. The third-order valence-corrected chi connectivity index (χ3v) is 2.18. The summed E-state index contributed by atoms with van der Waals surface area (Å²) >= 11 is 0. The van der Waals surface area contributed by atoms with Crippen LogP contribution in [0.4, 0.5) is 19.4 Å². The average Bonchev–Trinajstić information content (AvgIpc) is 2.29. The fraction of sp³-hybridized carbons (Fsp3) is 0.538. The Labute approximate surface area is 116 Å². The molecular weight excluding hydrogens is 270 g/mol. The first-order valence-corrected chi connectivity index (χ1v) is 6.05. The van der Waals surface area contributed by atoms with Gasteiger partial charge in [-0.05, 0) is 20.8 Å². The molecule has 0 aliphatic rings. The van der Waals surface area contributed by atoms with Crippen LogP contribution >= 0.6 is 0 Å². The van der Waals surface area contributed by atoms with Crippen LogP contribution in [0, 0.1) is 11.6 Å². The van der Waals surface area contributed by atoms with E-state index in [-0.39, 0.29) is 19.0 Å². The van der Waals surface area contributed by atoms with E-state index in [9.17, 15) is 13.6 Å². The summed E-state index contributed by atoms with van der Waals surface area (Å²) in [7, 11) is 1.45. The van der Waals surface area contributed by atoms with Gasteiger partial charge in [0.25, 0.3) is 0 Å². The third-order valence-electron chi connectivity index (χ3n) is 2.18. The van der Waals surface area contributed by atoms with Gasteiger partial charge in [-0.3, -0.25) is 4.90 Å². The third kappa shape index (κ3) is 4.73. The minimum atomic E-state index is -0.938. The Hall–Kier alpha value is -1.76. The molecule has 0 aliphatic carbocycles. The summed E-state index contributed by atoms with van der Waals surface area (Å²) in [6, 6.07) is 0.659. The van der Waals surface area contributed by atoms with Crippen LogP contribution < -0.4 is 4.90 Å². The zero-order valence-corrected chi connectivity index (χ0v) is 11.9. The Morgan fingerprint density at radius 2 is 2.05 bits per heavy atom. The van der Waals surface area contributed by atoms with Crippen molar-refractivity contribution in [3.63, 3.8) is 0 Å². The van der Waals surface area contributed by atoms with Gasteiger partial charge in [0.2, 0.25) is 0 Å². The smallest absolute Gasteiger partial charge is 0.416 e. The number of aromatic nitrogens is 1. The second-order valence-corrected chi connectivity index (χ2v) is 5.08. The Kier molecular flexibility index (Phi) is 5.38. The molecule has 112 valence electrons. The summed E-state index contributed by atoms with van der Waals surface area (Å²) in [5, 5.41) is 0. The van der Waals surface area contributed by atoms with E-state index < -0.39 is 23.3 Å². The first-order chi connectivity index (χ1) is 9.24. The fourth-order valence-electron chi connectivity index (χ4n) is 1.39. The summed E-state index contributed by atoms with van der Waals surface area (Å²) in [4.78, 5) is 16.6. The fourth-order valence-corrected chi connectivity index (χ4v) is 1.39. The highest BCUT2D eigenvalue weighted by Crippen LogP contribution is 2.19. The topological polar surface area (TPSA) is 51.7 Å². The molecular formula is C13H18F2N2O3. The number of rotatable bonds is 4. The molecule has 5 nitrogen and oxygen atoms in total. The van der Waals surface area contributed by atoms with Crippen LogP contribution in [0.15, 0.2) is 12.3 Å². The summed E-state index contributed by atoms with van der Waals surface area (Å²) in [6.07, 6.45) is 0.0651. The van der Waals surface area contributed by atoms with Crippen LogP contribution in [-0.2, 0) is 9.47 Å². The maximum atomic E-state index is 13.7. The molecule has 1 rings (SSSR count). The van der Waals surface area contributed by atoms with Gasteiger partial charge >= 0.3 is 6.09 Å². The first-order valence-electron chi connectivity index (χ1n) is 6.05. The van der Waals surface area contributed by atoms with Gasteiger partial charge in [-0.15, -0.1) is 0 Å². The number of nitrogens with zero attached hydrogens (tertiary/aromatic N) is 2. The molecule has 0 radical (unpaired) electrons. The van der Waals surface area contributed by atoms with Crippen molar-refractivity contribution in [2.75, 3.05) is 25.2 Å². The van der Waals surface area contributed by atoms with E-state index in [0.29, 0.717) is 6.07 Å². The lowest BCUT2D eigenvalue weighted by molar-refractivity contribution is 0.0566. The number of carbonyl (C=O) groups excluding carboxylic acids is 1. The summed E-state index contributed by atoms with van der Waals surface area (Å²) in [5.41, 5.74) is -0.737. The molecule has 0 atom stereocenters. The van der Waals surface area contributed by atoms with E-state index in [1.165, 1.54) is 7.11 Å². The maximum absolute atomic E-state index is 13.7. The molecule has 0 unspecified atom stereocenters. The van der Waals surface area contributed by atoms with Crippen molar-refractivity contribution in [2.45, 2.75) is 26.4 Å². The number of anilines is 1. The van der Waals surface area contributed by atoms with Gasteiger partial charge in [0, 0.05) is 13.2 Å². The van der Waals surface area contributed by atoms with Gasteiger partial charge in [0.15, 0.2) is 11.6 Å². The van der Waals surface area contributed by atoms with E-state index >= 15 is 0 Å². The van der Waals surface area contributed by atoms with Crippen molar-refractivity contribution in [3.05, 3.63) is 23.9 Å². The number of methoxy groups -OCH3 is 1. The standard InChI is InChI=1S/C13H18F2N2O3/c1-13(2,3)20-12(18)17(5-6-19-4)11-10(15)7-9(14)8-16-11/h7-8H,5-6H2,1-4H3. The molecule has 7 heteroatoms. The predicted octanol–water partition coefficient (Wildman–Crippen LogP) is 2.75.